The molecule has 1 aliphatic carbocycles. The van der Waals surface area contributed by atoms with Crippen LogP contribution in [0, 0.1) is 0 Å². The van der Waals surface area contributed by atoms with Gasteiger partial charge in [0.15, 0.2) is 0 Å². The van der Waals surface area contributed by atoms with Crippen LogP contribution in [0.5, 0.6) is 0 Å². The van der Waals surface area contributed by atoms with Crippen molar-refractivity contribution in [3.63, 3.8) is 0 Å². The molecule has 2 heterocycles. The molecule has 0 radical (unpaired) electrons. The van der Waals surface area contributed by atoms with Gasteiger partial charge in [-0.25, -0.2) is 4.98 Å². The standard InChI is InChI=1S/C17H27N3/c1-2-16-6-4-3-5-11-20(16)17-12-14(9-10-18-17)13-19-15-7-8-15/h9-10,12,15-16,19H,2-8,11,13H2,1H3. The van der Waals surface area contributed by atoms with Gasteiger partial charge in [-0.1, -0.05) is 19.8 Å². The maximum atomic E-state index is 4.64. The van der Waals surface area contributed by atoms with Gasteiger partial charge < -0.3 is 10.2 Å². The van der Waals surface area contributed by atoms with Crippen molar-refractivity contribution in [2.45, 2.75) is 70.5 Å². The minimum Gasteiger partial charge on any atom is -0.354 e. The van der Waals surface area contributed by atoms with E-state index in [4.69, 9.17) is 0 Å². The number of nitrogens with one attached hydrogen (secondary N) is 1. The number of anilines is 1. The van der Waals surface area contributed by atoms with Crippen molar-refractivity contribution in [3.8, 4) is 0 Å². The molecule has 0 bridgehead atoms. The van der Waals surface area contributed by atoms with Gasteiger partial charge in [0.25, 0.3) is 0 Å². The normalized spacial score (nSPS) is 23.6. The molecule has 20 heavy (non-hydrogen) atoms. The zero-order chi connectivity index (χ0) is 13.8. The summed E-state index contributed by atoms with van der Waals surface area (Å²) in [5.41, 5.74) is 1.38. The molecule has 1 saturated heterocycles. The molecule has 0 aromatic carbocycles. The molecule has 1 N–H and O–H groups in total. The van der Waals surface area contributed by atoms with E-state index in [9.17, 15) is 0 Å². The smallest absolute Gasteiger partial charge is 0.129 e. The summed E-state index contributed by atoms with van der Waals surface area (Å²) in [5, 5.41) is 3.59. The van der Waals surface area contributed by atoms with Crippen LogP contribution in [0.15, 0.2) is 18.3 Å². The fourth-order valence-corrected chi connectivity index (χ4v) is 3.18. The van der Waals surface area contributed by atoms with E-state index in [0.717, 1.165) is 12.6 Å². The Kier molecular flexibility index (Phi) is 4.56. The quantitative estimate of drug-likeness (QED) is 0.890. The van der Waals surface area contributed by atoms with Gasteiger partial charge in [-0.05, 0) is 49.8 Å². The van der Waals surface area contributed by atoms with E-state index in [1.54, 1.807) is 0 Å². The van der Waals surface area contributed by atoms with E-state index in [-0.39, 0.29) is 0 Å². The molecule has 1 aromatic heterocycles. The summed E-state index contributed by atoms with van der Waals surface area (Å²) >= 11 is 0. The second-order valence-electron chi connectivity index (χ2n) is 6.28. The highest BCUT2D eigenvalue weighted by molar-refractivity contribution is 5.42. The molecule has 1 unspecified atom stereocenters. The molecule has 1 atom stereocenters. The van der Waals surface area contributed by atoms with Gasteiger partial charge in [-0.3, -0.25) is 0 Å². The Morgan fingerprint density at radius 2 is 2.15 bits per heavy atom. The summed E-state index contributed by atoms with van der Waals surface area (Å²) in [6, 6.07) is 5.89. The van der Waals surface area contributed by atoms with E-state index in [0.29, 0.717) is 6.04 Å². The van der Waals surface area contributed by atoms with Crippen LogP contribution < -0.4 is 10.2 Å². The maximum Gasteiger partial charge on any atom is 0.129 e. The average molecular weight is 273 g/mol. The molecule has 1 aromatic rings. The summed E-state index contributed by atoms with van der Waals surface area (Å²) in [6.45, 7) is 4.47. The van der Waals surface area contributed by atoms with Gasteiger partial charge in [-0.15, -0.1) is 0 Å². The minimum atomic E-state index is 0.677. The number of rotatable bonds is 5. The van der Waals surface area contributed by atoms with Gasteiger partial charge in [0.1, 0.15) is 5.82 Å². The Hall–Kier alpha value is -1.09. The van der Waals surface area contributed by atoms with E-state index >= 15 is 0 Å². The van der Waals surface area contributed by atoms with Crippen molar-refractivity contribution in [1.82, 2.24) is 10.3 Å². The average Bonchev–Trinajstić information content (AvgIpc) is 3.31. The third-order valence-corrected chi connectivity index (χ3v) is 4.62. The van der Waals surface area contributed by atoms with Gasteiger partial charge in [0, 0.05) is 31.4 Å². The van der Waals surface area contributed by atoms with Gasteiger partial charge >= 0.3 is 0 Å². The SMILES string of the molecule is CCC1CCCCCN1c1cc(CNC2CC2)ccn1. The lowest BCUT2D eigenvalue weighted by atomic mass is 10.1. The fraction of sp³-hybridized carbons (Fsp3) is 0.706. The predicted octanol–water partition coefficient (Wildman–Crippen LogP) is 3.49. The first-order valence-corrected chi connectivity index (χ1v) is 8.32. The Bertz CT molecular complexity index is 428. The first kappa shape index (κ1) is 13.9. The Balaban J connectivity index is 1.71. The Labute approximate surface area is 122 Å². The molecular formula is C17H27N3. The Morgan fingerprint density at radius 1 is 1.25 bits per heavy atom. The van der Waals surface area contributed by atoms with E-state index in [2.05, 4.69) is 34.3 Å². The predicted molar refractivity (Wildman–Crippen MR) is 84.0 cm³/mol. The lowest BCUT2D eigenvalue weighted by Crippen LogP contribution is -2.35. The molecule has 0 spiro atoms. The van der Waals surface area contributed by atoms with E-state index in [1.165, 1.54) is 62.9 Å². The van der Waals surface area contributed by atoms with Crippen molar-refractivity contribution >= 4 is 5.82 Å². The van der Waals surface area contributed by atoms with Crippen molar-refractivity contribution in [3.05, 3.63) is 23.9 Å². The van der Waals surface area contributed by atoms with Crippen LogP contribution in [0.2, 0.25) is 0 Å². The molecule has 0 amide bonds. The highest BCUT2D eigenvalue weighted by Crippen LogP contribution is 2.25. The van der Waals surface area contributed by atoms with Crippen molar-refractivity contribution in [1.29, 1.82) is 0 Å². The summed E-state index contributed by atoms with van der Waals surface area (Å²) in [4.78, 5) is 7.19. The van der Waals surface area contributed by atoms with Gasteiger partial charge in [0.2, 0.25) is 0 Å². The van der Waals surface area contributed by atoms with Crippen LogP contribution in [-0.4, -0.2) is 23.6 Å². The zero-order valence-corrected chi connectivity index (χ0v) is 12.6. The third-order valence-electron chi connectivity index (χ3n) is 4.62. The largest absolute Gasteiger partial charge is 0.354 e. The summed E-state index contributed by atoms with van der Waals surface area (Å²) < 4.78 is 0. The summed E-state index contributed by atoms with van der Waals surface area (Å²) in [5.74, 6) is 1.19. The molecular weight excluding hydrogens is 246 g/mol. The number of aromatic nitrogens is 1. The lowest BCUT2D eigenvalue weighted by Gasteiger charge is -2.30. The topological polar surface area (TPSA) is 28.2 Å². The highest BCUT2D eigenvalue weighted by atomic mass is 15.2. The second kappa shape index (κ2) is 6.57. The zero-order valence-electron chi connectivity index (χ0n) is 12.6. The van der Waals surface area contributed by atoms with E-state index < -0.39 is 0 Å². The fourth-order valence-electron chi connectivity index (χ4n) is 3.18. The number of nitrogens with zero attached hydrogens (tertiary/aromatic N) is 2. The molecule has 1 aliphatic heterocycles. The van der Waals surface area contributed by atoms with Crippen LogP contribution >= 0.6 is 0 Å². The van der Waals surface area contributed by atoms with Crippen LogP contribution in [0.25, 0.3) is 0 Å². The first-order valence-electron chi connectivity index (χ1n) is 8.32. The third kappa shape index (κ3) is 3.51. The monoisotopic (exact) mass is 273 g/mol. The van der Waals surface area contributed by atoms with Crippen LogP contribution in [0.3, 0.4) is 0 Å². The molecule has 3 heteroatoms. The number of hydrogen-bond acceptors (Lipinski definition) is 3. The molecule has 2 aliphatic rings. The second-order valence-corrected chi connectivity index (χ2v) is 6.28. The van der Waals surface area contributed by atoms with Crippen LogP contribution in [-0.2, 0) is 6.54 Å². The molecule has 1 saturated carbocycles. The molecule has 3 rings (SSSR count). The lowest BCUT2D eigenvalue weighted by molar-refractivity contribution is 0.552. The molecule has 3 nitrogen and oxygen atoms in total. The van der Waals surface area contributed by atoms with Crippen LogP contribution in [0.4, 0.5) is 5.82 Å². The van der Waals surface area contributed by atoms with Crippen molar-refractivity contribution in [2.24, 2.45) is 0 Å². The minimum absolute atomic E-state index is 0.677. The van der Waals surface area contributed by atoms with Gasteiger partial charge in [-0.2, -0.15) is 0 Å². The highest BCUT2D eigenvalue weighted by Gasteiger charge is 2.22. The Morgan fingerprint density at radius 3 is 2.95 bits per heavy atom. The number of pyridine rings is 1. The summed E-state index contributed by atoms with van der Waals surface area (Å²) in [6.07, 6.45) is 11.3. The van der Waals surface area contributed by atoms with Crippen LogP contribution in [0.1, 0.15) is 57.4 Å². The first-order chi connectivity index (χ1) is 9.86. The molecule has 110 valence electrons. The maximum absolute atomic E-state index is 4.64. The van der Waals surface area contributed by atoms with Gasteiger partial charge in [0.05, 0.1) is 0 Å². The number of hydrogen-bond donors (Lipinski definition) is 1. The summed E-state index contributed by atoms with van der Waals surface area (Å²) in [7, 11) is 0. The molecule has 2 fully saturated rings. The van der Waals surface area contributed by atoms with E-state index in [1.807, 2.05) is 6.20 Å². The van der Waals surface area contributed by atoms with Crippen molar-refractivity contribution < 1.29 is 0 Å². The van der Waals surface area contributed by atoms with Crippen molar-refractivity contribution in [2.75, 3.05) is 11.4 Å².